The van der Waals surface area contributed by atoms with Crippen LogP contribution in [0.25, 0.3) is 0 Å². The molecule has 72 valence electrons. The highest BCUT2D eigenvalue weighted by atomic mass is 16.2. The highest BCUT2D eigenvalue weighted by Gasteiger charge is 2.13. The van der Waals surface area contributed by atoms with Crippen molar-refractivity contribution in [3.05, 3.63) is 0 Å². The van der Waals surface area contributed by atoms with Gasteiger partial charge in [0, 0.05) is 6.54 Å². The Balaban J connectivity index is 3.72. The highest BCUT2D eigenvalue weighted by molar-refractivity contribution is 5.72. The van der Waals surface area contributed by atoms with Crippen molar-refractivity contribution >= 4 is 6.03 Å². The molecular formula is C7H18N4O. The van der Waals surface area contributed by atoms with Gasteiger partial charge in [-0.2, -0.15) is 0 Å². The third-order valence-electron chi connectivity index (χ3n) is 1.49. The van der Waals surface area contributed by atoms with Gasteiger partial charge in [-0.25, -0.2) is 16.5 Å². The van der Waals surface area contributed by atoms with Gasteiger partial charge in [-0.3, -0.25) is 10.4 Å². The fraction of sp³-hybridized carbons (Fsp3) is 0.857. The van der Waals surface area contributed by atoms with Crippen LogP contribution in [0.1, 0.15) is 27.2 Å². The number of urea groups is 1. The van der Waals surface area contributed by atoms with Crippen molar-refractivity contribution in [3.8, 4) is 0 Å². The summed E-state index contributed by atoms with van der Waals surface area (Å²) in [5.74, 6) is 10.3. The molecule has 5 N–H and O–H groups in total. The van der Waals surface area contributed by atoms with Gasteiger partial charge < -0.3 is 0 Å². The van der Waals surface area contributed by atoms with Crippen LogP contribution in [0.5, 0.6) is 0 Å². The standard InChI is InChI=1S/C7H18N4O/c1-7(2,3)4-5-11(9)6(12)10-8/h4-5,8-9H2,1-3H3,(H,10,12). The number of amides is 2. The minimum atomic E-state index is -0.459. The number of hydrazine groups is 2. The van der Waals surface area contributed by atoms with Gasteiger partial charge in [-0.1, -0.05) is 20.8 Å². The predicted molar refractivity (Wildman–Crippen MR) is 47.7 cm³/mol. The largest absolute Gasteiger partial charge is 0.345 e. The number of hydrogen-bond acceptors (Lipinski definition) is 3. The summed E-state index contributed by atoms with van der Waals surface area (Å²) < 4.78 is 0. The van der Waals surface area contributed by atoms with Gasteiger partial charge >= 0.3 is 6.03 Å². The van der Waals surface area contributed by atoms with Crippen LogP contribution in [0.4, 0.5) is 4.79 Å². The lowest BCUT2D eigenvalue weighted by Crippen LogP contribution is -2.48. The number of nitrogens with one attached hydrogen (secondary N) is 1. The molecular weight excluding hydrogens is 156 g/mol. The van der Waals surface area contributed by atoms with E-state index in [4.69, 9.17) is 11.7 Å². The van der Waals surface area contributed by atoms with Crippen molar-refractivity contribution in [2.75, 3.05) is 6.54 Å². The van der Waals surface area contributed by atoms with Gasteiger partial charge in [0.15, 0.2) is 0 Å². The second-order valence-electron chi connectivity index (χ2n) is 3.95. The molecule has 0 radical (unpaired) electrons. The zero-order valence-corrected chi connectivity index (χ0v) is 7.92. The zero-order chi connectivity index (χ0) is 9.78. The molecule has 0 saturated heterocycles. The molecule has 0 aromatic rings. The maximum Gasteiger partial charge on any atom is 0.345 e. The van der Waals surface area contributed by atoms with Crippen LogP contribution in [0.2, 0.25) is 0 Å². The fourth-order valence-corrected chi connectivity index (χ4v) is 0.640. The summed E-state index contributed by atoms with van der Waals surface area (Å²) in [7, 11) is 0. The van der Waals surface area contributed by atoms with Gasteiger partial charge in [0.1, 0.15) is 0 Å². The maximum atomic E-state index is 10.8. The van der Waals surface area contributed by atoms with E-state index in [1.165, 1.54) is 0 Å². The van der Waals surface area contributed by atoms with E-state index < -0.39 is 6.03 Å². The SMILES string of the molecule is CC(C)(C)CCN(N)C(=O)NN. The van der Waals surface area contributed by atoms with Gasteiger partial charge in [-0.15, -0.1) is 0 Å². The van der Waals surface area contributed by atoms with E-state index >= 15 is 0 Å². The fourth-order valence-electron chi connectivity index (χ4n) is 0.640. The molecule has 5 heteroatoms. The van der Waals surface area contributed by atoms with Crippen molar-refractivity contribution in [3.63, 3.8) is 0 Å². The van der Waals surface area contributed by atoms with Crippen LogP contribution in [0, 0.1) is 5.41 Å². The molecule has 0 aromatic heterocycles. The number of nitrogens with zero attached hydrogens (tertiary/aromatic N) is 1. The summed E-state index contributed by atoms with van der Waals surface area (Å²) in [5, 5.41) is 1.07. The van der Waals surface area contributed by atoms with Gasteiger partial charge in [0.05, 0.1) is 0 Å². The molecule has 0 heterocycles. The molecule has 5 nitrogen and oxygen atoms in total. The Morgan fingerprint density at radius 1 is 1.50 bits per heavy atom. The molecule has 0 unspecified atom stereocenters. The van der Waals surface area contributed by atoms with E-state index in [2.05, 4.69) is 20.8 Å². The van der Waals surface area contributed by atoms with Crippen molar-refractivity contribution in [1.82, 2.24) is 10.4 Å². The minimum absolute atomic E-state index is 0.173. The van der Waals surface area contributed by atoms with Crippen molar-refractivity contribution < 1.29 is 4.79 Å². The summed E-state index contributed by atoms with van der Waals surface area (Å²) in [6, 6.07) is -0.459. The molecule has 0 bridgehead atoms. The molecule has 0 rings (SSSR count). The average molecular weight is 174 g/mol. The highest BCUT2D eigenvalue weighted by Crippen LogP contribution is 2.17. The Morgan fingerprint density at radius 3 is 2.33 bits per heavy atom. The third-order valence-corrected chi connectivity index (χ3v) is 1.49. The van der Waals surface area contributed by atoms with Crippen molar-refractivity contribution in [2.24, 2.45) is 17.1 Å². The lowest BCUT2D eigenvalue weighted by Gasteiger charge is -2.22. The van der Waals surface area contributed by atoms with Gasteiger partial charge in [-0.05, 0) is 11.8 Å². The summed E-state index contributed by atoms with van der Waals surface area (Å²) >= 11 is 0. The Bertz CT molecular complexity index is 152. The lowest BCUT2D eigenvalue weighted by molar-refractivity contribution is 0.189. The second-order valence-corrected chi connectivity index (χ2v) is 3.95. The first-order valence-electron chi connectivity index (χ1n) is 3.89. The predicted octanol–water partition coefficient (Wildman–Crippen LogP) is 0.182. The monoisotopic (exact) mass is 174 g/mol. The summed E-state index contributed by atoms with van der Waals surface area (Å²) in [4.78, 5) is 10.8. The molecule has 0 aliphatic carbocycles. The van der Waals surface area contributed by atoms with E-state index in [0.29, 0.717) is 6.54 Å². The normalized spacial score (nSPS) is 11.1. The molecule has 0 fully saturated rings. The zero-order valence-electron chi connectivity index (χ0n) is 7.92. The van der Waals surface area contributed by atoms with Gasteiger partial charge in [0.2, 0.25) is 0 Å². The molecule has 0 spiro atoms. The van der Waals surface area contributed by atoms with Crippen LogP contribution < -0.4 is 17.1 Å². The molecule has 0 saturated carbocycles. The van der Waals surface area contributed by atoms with Crippen LogP contribution in [0.3, 0.4) is 0 Å². The third kappa shape index (κ3) is 4.92. The molecule has 0 aromatic carbocycles. The van der Waals surface area contributed by atoms with Crippen LogP contribution in [-0.4, -0.2) is 17.6 Å². The number of rotatable bonds is 2. The summed E-state index contributed by atoms with van der Waals surface area (Å²) in [5.41, 5.74) is 2.14. The smallest absolute Gasteiger partial charge is 0.275 e. The van der Waals surface area contributed by atoms with Crippen LogP contribution in [0.15, 0.2) is 0 Å². The van der Waals surface area contributed by atoms with E-state index in [9.17, 15) is 4.79 Å². The Hall–Kier alpha value is -0.810. The van der Waals surface area contributed by atoms with Crippen molar-refractivity contribution in [1.29, 1.82) is 0 Å². The second kappa shape index (κ2) is 4.27. The quantitative estimate of drug-likeness (QED) is 0.317. The number of hydrogen-bond donors (Lipinski definition) is 3. The Morgan fingerprint density at radius 2 is 2.00 bits per heavy atom. The minimum Gasteiger partial charge on any atom is -0.275 e. The van der Waals surface area contributed by atoms with Crippen molar-refractivity contribution in [2.45, 2.75) is 27.2 Å². The molecule has 0 atom stereocenters. The van der Waals surface area contributed by atoms with E-state index in [0.717, 1.165) is 11.4 Å². The molecule has 2 amide bonds. The summed E-state index contributed by atoms with van der Waals surface area (Å²) in [6.45, 7) is 6.76. The van der Waals surface area contributed by atoms with E-state index in [1.54, 1.807) is 0 Å². The Kier molecular flexibility index (Phi) is 3.99. The molecule has 0 aliphatic rings. The van der Waals surface area contributed by atoms with E-state index in [1.807, 2.05) is 5.43 Å². The average Bonchev–Trinajstić information content (AvgIpc) is 1.97. The van der Waals surface area contributed by atoms with E-state index in [-0.39, 0.29) is 5.41 Å². The molecule has 0 aliphatic heterocycles. The van der Waals surface area contributed by atoms with Crippen LogP contribution in [-0.2, 0) is 0 Å². The maximum absolute atomic E-state index is 10.8. The van der Waals surface area contributed by atoms with Gasteiger partial charge in [0.25, 0.3) is 0 Å². The first-order valence-corrected chi connectivity index (χ1v) is 3.89. The first kappa shape index (κ1) is 11.2. The topological polar surface area (TPSA) is 84.4 Å². The summed E-state index contributed by atoms with van der Waals surface area (Å²) in [6.07, 6.45) is 0.844. The number of nitrogens with two attached hydrogens (primary N) is 2. The number of carbonyl (C=O) groups is 1. The lowest BCUT2D eigenvalue weighted by atomic mass is 9.92. The van der Waals surface area contributed by atoms with Crippen LogP contribution >= 0.6 is 0 Å². The molecule has 12 heavy (non-hydrogen) atoms. The number of carbonyl (C=O) groups excluding carboxylic acids is 1. The Labute approximate surface area is 73.0 Å². The first-order chi connectivity index (χ1) is 5.37.